The van der Waals surface area contributed by atoms with E-state index in [0.717, 1.165) is 0 Å². The fourth-order valence-corrected chi connectivity index (χ4v) is 1.73. The summed E-state index contributed by atoms with van der Waals surface area (Å²) in [5.74, 6) is -1.61. The second-order valence-corrected chi connectivity index (χ2v) is 3.83. The van der Waals surface area contributed by atoms with E-state index in [9.17, 15) is 22.8 Å². The Morgan fingerprint density at radius 3 is 2.35 bits per heavy atom. The van der Waals surface area contributed by atoms with Crippen LogP contribution in [0.3, 0.4) is 0 Å². The summed E-state index contributed by atoms with van der Waals surface area (Å²) in [7, 11) is 0. The Balaban J connectivity index is 3.71. The number of alkyl halides is 3. The number of carboxylic acid groups (broad SMARTS) is 1. The minimum atomic E-state index is -4.84. The summed E-state index contributed by atoms with van der Waals surface area (Å²) < 4.78 is 37.4. The summed E-state index contributed by atoms with van der Waals surface area (Å²) in [6, 6.07) is 0.339. The molecule has 1 aromatic carbocycles. The van der Waals surface area contributed by atoms with E-state index in [1.807, 2.05) is 0 Å². The average Bonchev–Trinajstić information content (AvgIpc) is 2.19. The molecule has 8 heteroatoms. The summed E-state index contributed by atoms with van der Waals surface area (Å²) in [5.41, 5.74) is 2.12. The molecule has 0 aliphatic heterocycles. The number of nitrogens with two attached hydrogens (primary N) is 1. The van der Waals surface area contributed by atoms with Crippen molar-refractivity contribution >= 4 is 33.9 Å². The van der Waals surface area contributed by atoms with Gasteiger partial charge in [0.05, 0.1) is 21.3 Å². The number of carbonyl (C=O) groups is 2. The Labute approximate surface area is 101 Å². The largest absolute Gasteiger partial charge is 0.478 e. The molecule has 0 unspecified atom stereocenters. The lowest BCUT2D eigenvalue weighted by Gasteiger charge is -2.14. The summed E-state index contributed by atoms with van der Waals surface area (Å²) >= 11 is 2.68. The van der Waals surface area contributed by atoms with E-state index < -0.39 is 34.5 Å². The zero-order valence-electron chi connectivity index (χ0n) is 8.01. The van der Waals surface area contributed by atoms with E-state index in [2.05, 4.69) is 15.9 Å². The van der Waals surface area contributed by atoms with Crippen molar-refractivity contribution < 1.29 is 27.9 Å². The minimum Gasteiger partial charge on any atom is -0.478 e. The monoisotopic (exact) mass is 311 g/mol. The first-order chi connectivity index (χ1) is 7.70. The lowest BCUT2D eigenvalue weighted by atomic mass is 10.0. The van der Waals surface area contributed by atoms with Crippen LogP contribution in [0.25, 0.3) is 0 Å². The van der Waals surface area contributed by atoms with Crippen LogP contribution < -0.4 is 5.73 Å². The third-order valence-electron chi connectivity index (χ3n) is 2.00. The molecule has 0 saturated heterocycles. The highest BCUT2D eigenvalue weighted by Crippen LogP contribution is 2.38. The number of benzene rings is 1. The Kier molecular flexibility index (Phi) is 3.46. The summed E-state index contributed by atoms with van der Waals surface area (Å²) in [6.07, 6.45) is -4.87. The zero-order chi connectivity index (χ0) is 13.4. The van der Waals surface area contributed by atoms with Crippen LogP contribution in [0, 0.1) is 0 Å². The third kappa shape index (κ3) is 2.41. The number of hydrogen-bond donors (Lipinski definition) is 2. The van der Waals surface area contributed by atoms with Crippen molar-refractivity contribution in [2.75, 3.05) is 5.73 Å². The molecule has 0 atom stereocenters. The highest BCUT2D eigenvalue weighted by atomic mass is 79.9. The summed E-state index contributed by atoms with van der Waals surface area (Å²) in [5, 5.41) is 8.69. The Bertz CT molecular complexity index is 499. The van der Waals surface area contributed by atoms with Crippen molar-refractivity contribution in [1.82, 2.24) is 0 Å². The highest BCUT2D eigenvalue weighted by molar-refractivity contribution is 9.10. The predicted octanol–water partition coefficient (Wildman–Crippen LogP) is 2.56. The smallest absolute Gasteiger partial charge is 0.417 e. The molecule has 92 valence electrons. The molecule has 1 rings (SSSR count). The molecule has 3 N–H and O–H groups in total. The first-order valence-electron chi connectivity index (χ1n) is 4.07. The molecular formula is C9H5BrF3NO3. The summed E-state index contributed by atoms with van der Waals surface area (Å²) in [6.45, 7) is 0. The van der Waals surface area contributed by atoms with Crippen LogP contribution in [0.1, 0.15) is 26.3 Å². The first-order valence-corrected chi connectivity index (χ1v) is 4.87. The number of aromatic carboxylic acids is 1. The molecule has 0 saturated carbocycles. The van der Waals surface area contributed by atoms with Crippen molar-refractivity contribution in [3.05, 3.63) is 27.2 Å². The number of carbonyl (C=O) groups excluding carboxylic acids is 1. The van der Waals surface area contributed by atoms with Gasteiger partial charge in [-0.2, -0.15) is 13.2 Å². The van der Waals surface area contributed by atoms with Crippen LogP contribution in [-0.2, 0) is 6.18 Å². The third-order valence-corrected chi connectivity index (χ3v) is 2.85. The lowest BCUT2D eigenvalue weighted by Crippen LogP contribution is -2.14. The Morgan fingerprint density at radius 1 is 1.47 bits per heavy atom. The number of hydrogen-bond acceptors (Lipinski definition) is 3. The standard InChI is InChI=1S/C9H5BrF3NO3/c10-6-4(2-15)5(9(11,12)13)1-3(7(6)14)8(16)17/h1-2H,14H2,(H,16,17). The van der Waals surface area contributed by atoms with Crippen molar-refractivity contribution in [2.24, 2.45) is 0 Å². The van der Waals surface area contributed by atoms with Crippen LogP contribution in [0.5, 0.6) is 0 Å². The van der Waals surface area contributed by atoms with Gasteiger partial charge < -0.3 is 10.8 Å². The topological polar surface area (TPSA) is 80.4 Å². The molecule has 0 heterocycles. The number of aldehydes is 1. The Morgan fingerprint density at radius 2 is 2.00 bits per heavy atom. The maximum Gasteiger partial charge on any atom is 0.417 e. The normalized spacial score (nSPS) is 11.3. The molecule has 1 aromatic rings. The molecule has 4 nitrogen and oxygen atoms in total. The molecule has 0 fully saturated rings. The highest BCUT2D eigenvalue weighted by Gasteiger charge is 2.36. The van der Waals surface area contributed by atoms with Gasteiger partial charge in [0.25, 0.3) is 0 Å². The number of nitrogen functional groups attached to an aromatic ring is 1. The Hall–Kier alpha value is -1.57. The van der Waals surface area contributed by atoms with E-state index in [-0.39, 0.29) is 10.8 Å². The average molecular weight is 312 g/mol. The van der Waals surface area contributed by atoms with Gasteiger partial charge in [-0.25, -0.2) is 4.79 Å². The van der Waals surface area contributed by atoms with Gasteiger partial charge >= 0.3 is 12.1 Å². The second kappa shape index (κ2) is 4.36. The molecule has 17 heavy (non-hydrogen) atoms. The minimum absolute atomic E-state index is 0.0328. The van der Waals surface area contributed by atoms with E-state index in [1.165, 1.54) is 0 Å². The number of carboxylic acids is 1. The van der Waals surface area contributed by atoms with Gasteiger partial charge in [0.2, 0.25) is 0 Å². The van der Waals surface area contributed by atoms with Gasteiger partial charge in [-0.05, 0) is 22.0 Å². The van der Waals surface area contributed by atoms with Crippen LogP contribution in [0.15, 0.2) is 10.5 Å². The quantitative estimate of drug-likeness (QED) is 0.649. The molecule has 0 bridgehead atoms. The number of halogens is 4. The molecule has 0 aliphatic carbocycles. The van der Waals surface area contributed by atoms with Crippen LogP contribution >= 0.6 is 15.9 Å². The van der Waals surface area contributed by atoms with Crippen molar-refractivity contribution in [3.8, 4) is 0 Å². The van der Waals surface area contributed by atoms with Gasteiger partial charge in [0.15, 0.2) is 6.29 Å². The number of rotatable bonds is 2. The molecule has 0 spiro atoms. The predicted molar refractivity (Wildman–Crippen MR) is 55.9 cm³/mol. The van der Waals surface area contributed by atoms with Crippen molar-refractivity contribution in [2.45, 2.75) is 6.18 Å². The van der Waals surface area contributed by atoms with E-state index >= 15 is 0 Å². The first kappa shape index (κ1) is 13.5. The maximum absolute atomic E-state index is 12.6. The fourth-order valence-electron chi connectivity index (χ4n) is 1.21. The van der Waals surface area contributed by atoms with Crippen molar-refractivity contribution in [3.63, 3.8) is 0 Å². The van der Waals surface area contributed by atoms with E-state index in [0.29, 0.717) is 6.07 Å². The van der Waals surface area contributed by atoms with Crippen LogP contribution in [-0.4, -0.2) is 17.4 Å². The maximum atomic E-state index is 12.6. The van der Waals surface area contributed by atoms with Gasteiger partial charge in [0, 0.05) is 5.56 Å². The van der Waals surface area contributed by atoms with E-state index in [1.54, 1.807) is 0 Å². The van der Waals surface area contributed by atoms with E-state index in [4.69, 9.17) is 10.8 Å². The molecule has 0 aromatic heterocycles. The lowest BCUT2D eigenvalue weighted by molar-refractivity contribution is -0.137. The number of anilines is 1. The summed E-state index contributed by atoms with van der Waals surface area (Å²) in [4.78, 5) is 21.3. The molecule has 0 aliphatic rings. The zero-order valence-corrected chi connectivity index (χ0v) is 9.59. The van der Waals surface area contributed by atoms with Crippen molar-refractivity contribution in [1.29, 1.82) is 0 Å². The molecular weight excluding hydrogens is 307 g/mol. The molecule has 0 amide bonds. The SMILES string of the molecule is Nc1c(C(=O)O)cc(C(F)(F)F)c(C=O)c1Br. The van der Waals surface area contributed by atoms with Gasteiger partial charge in [-0.15, -0.1) is 0 Å². The van der Waals surface area contributed by atoms with Crippen LogP contribution in [0.2, 0.25) is 0 Å². The fraction of sp³-hybridized carbons (Fsp3) is 0.111. The molecule has 0 radical (unpaired) electrons. The van der Waals surface area contributed by atoms with Gasteiger partial charge in [-0.1, -0.05) is 0 Å². The second-order valence-electron chi connectivity index (χ2n) is 3.03. The van der Waals surface area contributed by atoms with Gasteiger partial charge in [-0.3, -0.25) is 4.79 Å². The van der Waals surface area contributed by atoms with Crippen LogP contribution in [0.4, 0.5) is 18.9 Å². The van der Waals surface area contributed by atoms with Gasteiger partial charge in [0.1, 0.15) is 0 Å².